The van der Waals surface area contributed by atoms with Gasteiger partial charge >= 0.3 is 0 Å². The largest absolute Gasteiger partial charge is 0.288 e. The van der Waals surface area contributed by atoms with Crippen LogP contribution in [0, 0.1) is 17.5 Å². The number of rotatable bonds is 2. The predicted octanol–water partition coefficient (Wildman–Crippen LogP) is 4.75. The van der Waals surface area contributed by atoms with Crippen LogP contribution in [0.1, 0.15) is 15.9 Å². The second kappa shape index (κ2) is 5.35. The molecular weight excluding hydrogens is 344 g/mol. The Kier molecular flexibility index (Phi) is 3.96. The molecule has 98 valence electrons. The van der Waals surface area contributed by atoms with Crippen LogP contribution in [0.4, 0.5) is 13.2 Å². The highest BCUT2D eigenvalue weighted by molar-refractivity contribution is 9.10. The maximum absolute atomic E-state index is 13.8. The number of carbonyl (C=O) groups excluding carboxylic acids is 1. The molecule has 0 atom stereocenters. The third kappa shape index (κ3) is 2.67. The first-order valence-electron chi connectivity index (χ1n) is 5.05. The van der Waals surface area contributed by atoms with Gasteiger partial charge in [0.05, 0.1) is 15.6 Å². The minimum Gasteiger partial charge on any atom is -0.288 e. The van der Waals surface area contributed by atoms with E-state index in [9.17, 15) is 18.0 Å². The minimum atomic E-state index is -1.10. The van der Waals surface area contributed by atoms with E-state index >= 15 is 0 Å². The van der Waals surface area contributed by atoms with Crippen molar-refractivity contribution < 1.29 is 18.0 Å². The molecular formula is C13H5BrClF3O. The first kappa shape index (κ1) is 14.1. The topological polar surface area (TPSA) is 17.1 Å². The molecule has 0 saturated heterocycles. The van der Waals surface area contributed by atoms with Gasteiger partial charge in [-0.2, -0.15) is 0 Å². The minimum absolute atomic E-state index is 0.0836. The molecule has 0 fully saturated rings. The molecule has 0 heterocycles. The molecule has 2 rings (SSSR count). The summed E-state index contributed by atoms with van der Waals surface area (Å²) in [6.07, 6.45) is 0. The van der Waals surface area contributed by atoms with Crippen molar-refractivity contribution in [3.8, 4) is 0 Å². The van der Waals surface area contributed by atoms with Gasteiger partial charge in [-0.1, -0.05) is 11.6 Å². The second-order valence-electron chi connectivity index (χ2n) is 3.67. The quantitative estimate of drug-likeness (QED) is 0.565. The number of ketones is 1. The van der Waals surface area contributed by atoms with Crippen molar-refractivity contribution in [3.63, 3.8) is 0 Å². The van der Waals surface area contributed by atoms with Gasteiger partial charge in [0.1, 0.15) is 11.6 Å². The predicted molar refractivity (Wildman–Crippen MR) is 68.9 cm³/mol. The van der Waals surface area contributed by atoms with Gasteiger partial charge in [0, 0.05) is 5.02 Å². The van der Waals surface area contributed by atoms with Gasteiger partial charge in [0.15, 0.2) is 5.82 Å². The lowest BCUT2D eigenvalue weighted by Gasteiger charge is -2.07. The normalized spacial score (nSPS) is 10.6. The van der Waals surface area contributed by atoms with Gasteiger partial charge in [-0.05, 0) is 46.3 Å². The van der Waals surface area contributed by atoms with E-state index in [1.807, 2.05) is 0 Å². The van der Waals surface area contributed by atoms with E-state index in [-0.39, 0.29) is 9.50 Å². The van der Waals surface area contributed by atoms with E-state index in [2.05, 4.69) is 15.9 Å². The van der Waals surface area contributed by atoms with E-state index in [1.165, 1.54) is 6.07 Å². The molecule has 6 heteroatoms. The molecule has 0 N–H and O–H groups in total. The standard InChI is InChI=1S/C13H5BrClF3O/c14-8-2-4-10(17)11(12(8)18)13(19)7-5-6(15)1-3-9(7)16/h1-5H. The summed E-state index contributed by atoms with van der Waals surface area (Å²) >= 11 is 8.48. The molecule has 1 nitrogen and oxygen atoms in total. The van der Waals surface area contributed by atoms with Crippen LogP contribution in [0.2, 0.25) is 5.02 Å². The van der Waals surface area contributed by atoms with Crippen LogP contribution in [0.15, 0.2) is 34.8 Å². The van der Waals surface area contributed by atoms with Crippen molar-refractivity contribution in [2.24, 2.45) is 0 Å². The summed E-state index contributed by atoms with van der Waals surface area (Å²) in [5.74, 6) is -4.14. The third-order valence-electron chi connectivity index (χ3n) is 2.44. The Labute approximate surface area is 120 Å². The zero-order valence-corrected chi connectivity index (χ0v) is 11.5. The van der Waals surface area contributed by atoms with Crippen LogP contribution in [-0.2, 0) is 0 Å². The SMILES string of the molecule is O=C(c1cc(Cl)ccc1F)c1c(F)ccc(Br)c1F. The number of hydrogen-bond donors (Lipinski definition) is 0. The molecule has 0 bridgehead atoms. The van der Waals surface area contributed by atoms with E-state index in [0.29, 0.717) is 0 Å². The highest BCUT2D eigenvalue weighted by Gasteiger charge is 2.23. The van der Waals surface area contributed by atoms with E-state index in [0.717, 1.165) is 24.3 Å². The number of carbonyl (C=O) groups is 1. The molecule has 0 amide bonds. The number of benzene rings is 2. The van der Waals surface area contributed by atoms with Gasteiger partial charge in [-0.25, -0.2) is 13.2 Å². The Morgan fingerprint density at radius 1 is 1.05 bits per heavy atom. The summed E-state index contributed by atoms with van der Waals surface area (Å²) in [7, 11) is 0. The highest BCUT2D eigenvalue weighted by atomic mass is 79.9. The Morgan fingerprint density at radius 3 is 2.37 bits per heavy atom. The molecule has 0 aliphatic rings. The van der Waals surface area contributed by atoms with Gasteiger partial charge in [0.2, 0.25) is 5.78 Å². The summed E-state index contributed by atoms with van der Waals surface area (Å²) in [5, 5.41) is 0.0977. The van der Waals surface area contributed by atoms with Crippen LogP contribution < -0.4 is 0 Å². The summed E-state index contributed by atoms with van der Waals surface area (Å²) < 4.78 is 40.8. The van der Waals surface area contributed by atoms with Crippen LogP contribution in [-0.4, -0.2) is 5.78 Å². The zero-order valence-electron chi connectivity index (χ0n) is 9.18. The summed E-state index contributed by atoms with van der Waals surface area (Å²) in [6.45, 7) is 0. The monoisotopic (exact) mass is 348 g/mol. The molecule has 0 unspecified atom stereocenters. The third-order valence-corrected chi connectivity index (χ3v) is 3.29. The van der Waals surface area contributed by atoms with Crippen LogP contribution in [0.25, 0.3) is 0 Å². The molecule has 2 aromatic carbocycles. The lowest BCUT2D eigenvalue weighted by molar-refractivity contribution is 0.102. The maximum atomic E-state index is 13.8. The Balaban J connectivity index is 2.63. The average molecular weight is 350 g/mol. The first-order chi connectivity index (χ1) is 8.91. The summed E-state index contributed by atoms with van der Waals surface area (Å²) in [6, 6.07) is 5.27. The molecule has 0 aromatic heterocycles. The van der Waals surface area contributed by atoms with E-state index in [4.69, 9.17) is 11.6 Å². The molecule has 19 heavy (non-hydrogen) atoms. The van der Waals surface area contributed by atoms with E-state index < -0.39 is 34.4 Å². The molecule has 0 spiro atoms. The second-order valence-corrected chi connectivity index (χ2v) is 4.96. The number of hydrogen-bond acceptors (Lipinski definition) is 1. The van der Waals surface area contributed by atoms with Gasteiger partial charge in [-0.3, -0.25) is 4.79 Å². The average Bonchev–Trinajstić information content (AvgIpc) is 2.37. The van der Waals surface area contributed by atoms with Gasteiger partial charge in [0.25, 0.3) is 0 Å². The van der Waals surface area contributed by atoms with Crippen molar-refractivity contribution in [1.82, 2.24) is 0 Å². The fraction of sp³-hybridized carbons (Fsp3) is 0. The van der Waals surface area contributed by atoms with Crippen molar-refractivity contribution in [1.29, 1.82) is 0 Å². The summed E-state index contributed by atoms with van der Waals surface area (Å²) in [5.41, 5.74) is -1.31. The molecule has 0 aliphatic carbocycles. The van der Waals surface area contributed by atoms with Crippen molar-refractivity contribution in [3.05, 3.63) is 68.4 Å². The van der Waals surface area contributed by atoms with Crippen molar-refractivity contribution in [2.45, 2.75) is 0 Å². The van der Waals surface area contributed by atoms with Crippen molar-refractivity contribution in [2.75, 3.05) is 0 Å². The van der Waals surface area contributed by atoms with Gasteiger partial charge in [-0.15, -0.1) is 0 Å². The van der Waals surface area contributed by atoms with Gasteiger partial charge < -0.3 is 0 Å². The molecule has 0 aliphatic heterocycles. The zero-order chi connectivity index (χ0) is 14.2. The fourth-order valence-electron chi connectivity index (χ4n) is 1.54. The molecule has 2 aromatic rings. The lowest BCUT2D eigenvalue weighted by Crippen LogP contribution is -2.10. The van der Waals surface area contributed by atoms with Crippen LogP contribution in [0.3, 0.4) is 0 Å². The van der Waals surface area contributed by atoms with Crippen molar-refractivity contribution >= 4 is 33.3 Å². The van der Waals surface area contributed by atoms with Crippen LogP contribution in [0.5, 0.6) is 0 Å². The highest BCUT2D eigenvalue weighted by Crippen LogP contribution is 2.26. The van der Waals surface area contributed by atoms with Crippen LogP contribution >= 0.6 is 27.5 Å². The molecule has 0 saturated carbocycles. The maximum Gasteiger partial charge on any atom is 0.201 e. The fourth-order valence-corrected chi connectivity index (χ4v) is 2.04. The Hall–Kier alpha value is -1.33. The lowest BCUT2D eigenvalue weighted by atomic mass is 10.0. The smallest absolute Gasteiger partial charge is 0.201 e. The summed E-state index contributed by atoms with van der Waals surface area (Å²) in [4.78, 5) is 12.0. The first-order valence-corrected chi connectivity index (χ1v) is 6.22. The van der Waals surface area contributed by atoms with E-state index in [1.54, 1.807) is 0 Å². The Bertz CT molecular complexity index is 673. The molecule has 0 radical (unpaired) electrons. The Morgan fingerprint density at radius 2 is 1.68 bits per heavy atom. The number of halogens is 5.